The van der Waals surface area contributed by atoms with Crippen LogP contribution in [0.15, 0.2) is 30.3 Å². The normalized spacial score (nSPS) is 10.9. The van der Waals surface area contributed by atoms with Gasteiger partial charge < -0.3 is 4.74 Å². The summed E-state index contributed by atoms with van der Waals surface area (Å²) in [6, 6.07) is 10.5. The zero-order valence-electron chi connectivity index (χ0n) is 18.4. The van der Waals surface area contributed by atoms with Gasteiger partial charge in [-0.2, -0.15) is 0 Å². The molecule has 0 aliphatic heterocycles. The van der Waals surface area contributed by atoms with E-state index in [1.54, 1.807) is 0 Å². The van der Waals surface area contributed by atoms with Crippen LogP contribution in [-0.2, 0) is 16.0 Å². The number of hydrogen-bond acceptors (Lipinski definition) is 2. The summed E-state index contributed by atoms with van der Waals surface area (Å²) in [5.74, 6) is -0.0213. The first-order chi connectivity index (χ1) is 13.8. The smallest absolute Gasteiger partial charge is 0.305 e. The number of benzene rings is 1. The van der Waals surface area contributed by atoms with E-state index in [4.69, 9.17) is 4.74 Å². The first kappa shape index (κ1) is 24.7. The van der Waals surface area contributed by atoms with Crippen molar-refractivity contribution < 1.29 is 9.53 Å². The molecule has 0 radical (unpaired) electrons. The fourth-order valence-electron chi connectivity index (χ4n) is 3.62. The molecular weight excluding hydrogens is 344 g/mol. The van der Waals surface area contributed by atoms with E-state index in [2.05, 4.69) is 31.2 Å². The van der Waals surface area contributed by atoms with Crippen LogP contribution < -0.4 is 0 Å². The fraction of sp³-hybridized carbons (Fsp3) is 0.731. The number of carbonyl (C=O) groups excluding carboxylic acids is 1. The Labute approximate surface area is 174 Å². The van der Waals surface area contributed by atoms with E-state index >= 15 is 0 Å². The van der Waals surface area contributed by atoms with Crippen molar-refractivity contribution in [2.24, 2.45) is 0 Å². The van der Waals surface area contributed by atoms with Crippen LogP contribution in [0, 0.1) is 0 Å². The van der Waals surface area contributed by atoms with Crippen LogP contribution >= 0.6 is 0 Å². The van der Waals surface area contributed by atoms with Crippen molar-refractivity contribution in [3.05, 3.63) is 35.9 Å². The average molecular weight is 389 g/mol. The molecule has 0 saturated heterocycles. The predicted molar refractivity (Wildman–Crippen MR) is 121 cm³/mol. The molecule has 0 saturated carbocycles. The Bertz CT molecular complexity index is 455. The lowest BCUT2D eigenvalue weighted by molar-refractivity contribution is -0.143. The van der Waals surface area contributed by atoms with Crippen LogP contribution in [-0.4, -0.2) is 12.6 Å². The first-order valence-corrected chi connectivity index (χ1v) is 12.0. The number of carbonyl (C=O) groups is 1. The average Bonchev–Trinajstić information content (AvgIpc) is 2.72. The summed E-state index contributed by atoms with van der Waals surface area (Å²) in [5, 5.41) is 0. The van der Waals surface area contributed by atoms with Gasteiger partial charge in [0.25, 0.3) is 0 Å². The third-order valence-corrected chi connectivity index (χ3v) is 5.45. The molecule has 0 heterocycles. The highest BCUT2D eigenvalue weighted by Crippen LogP contribution is 2.12. The minimum atomic E-state index is -0.0213. The zero-order chi connectivity index (χ0) is 20.1. The van der Waals surface area contributed by atoms with Crippen molar-refractivity contribution in [1.82, 2.24) is 0 Å². The number of aryl methyl sites for hydroxylation is 1. The monoisotopic (exact) mass is 388 g/mol. The Hall–Kier alpha value is -1.31. The minimum Gasteiger partial charge on any atom is -0.466 e. The SMILES string of the molecule is CCCCCCCCCCCCCCCOC(=O)CCCCc1ccccc1. The summed E-state index contributed by atoms with van der Waals surface area (Å²) < 4.78 is 5.36. The van der Waals surface area contributed by atoms with Gasteiger partial charge in [-0.25, -0.2) is 0 Å². The lowest BCUT2D eigenvalue weighted by Gasteiger charge is -2.05. The number of ether oxygens (including phenoxy) is 1. The van der Waals surface area contributed by atoms with Gasteiger partial charge in [0.1, 0.15) is 0 Å². The lowest BCUT2D eigenvalue weighted by atomic mass is 10.0. The van der Waals surface area contributed by atoms with Gasteiger partial charge in [0.15, 0.2) is 0 Å². The van der Waals surface area contributed by atoms with E-state index in [1.807, 2.05) is 6.07 Å². The summed E-state index contributed by atoms with van der Waals surface area (Å²) in [7, 11) is 0. The van der Waals surface area contributed by atoms with E-state index in [0.717, 1.165) is 25.7 Å². The van der Waals surface area contributed by atoms with Crippen LogP contribution in [0.3, 0.4) is 0 Å². The van der Waals surface area contributed by atoms with E-state index in [1.165, 1.54) is 82.6 Å². The molecule has 0 atom stereocenters. The van der Waals surface area contributed by atoms with Crippen LogP contribution in [0.1, 0.15) is 115 Å². The Morgan fingerprint density at radius 2 is 1.21 bits per heavy atom. The topological polar surface area (TPSA) is 26.3 Å². The Kier molecular flexibility index (Phi) is 16.8. The van der Waals surface area contributed by atoms with Gasteiger partial charge in [0, 0.05) is 6.42 Å². The molecule has 0 aliphatic carbocycles. The highest BCUT2D eigenvalue weighted by molar-refractivity contribution is 5.69. The molecule has 160 valence electrons. The Morgan fingerprint density at radius 3 is 1.79 bits per heavy atom. The van der Waals surface area contributed by atoms with Crippen molar-refractivity contribution in [3.8, 4) is 0 Å². The van der Waals surface area contributed by atoms with Crippen LogP contribution in [0.25, 0.3) is 0 Å². The van der Waals surface area contributed by atoms with E-state index in [-0.39, 0.29) is 5.97 Å². The zero-order valence-corrected chi connectivity index (χ0v) is 18.4. The maximum absolute atomic E-state index is 11.8. The highest BCUT2D eigenvalue weighted by atomic mass is 16.5. The summed E-state index contributed by atoms with van der Waals surface area (Å²) in [4.78, 5) is 11.8. The number of unbranched alkanes of at least 4 members (excludes halogenated alkanes) is 13. The second-order valence-electron chi connectivity index (χ2n) is 8.16. The van der Waals surface area contributed by atoms with Crippen molar-refractivity contribution in [3.63, 3.8) is 0 Å². The molecule has 0 N–H and O–H groups in total. The van der Waals surface area contributed by atoms with Crippen LogP contribution in [0.2, 0.25) is 0 Å². The van der Waals surface area contributed by atoms with Crippen LogP contribution in [0.4, 0.5) is 0 Å². The van der Waals surface area contributed by atoms with Crippen molar-refractivity contribution in [2.75, 3.05) is 6.61 Å². The Balaban J connectivity index is 1.76. The third kappa shape index (κ3) is 15.7. The van der Waals surface area contributed by atoms with E-state index in [9.17, 15) is 4.79 Å². The van der Waals surface area contributed by atoms with Gasteiger partial charge in [-0.05, 0) is 31.2 Å². The molecule has 1 aromatic carbocycles. The third-order valence-electron chi connectivity index (χ3n) is 5.45. The van der Waals surface area contributed by atoms with Crippen molar-refractivity contribution >= 4 is 5.97 Å². The molecule has 0 spiro atoms. The number of rotatable bonds is 19. The molecule has 2 heteroatoms. The highest BCUT2D eigenvalue weighted by Gasteiger charge is 2.03. The van der Waals surface area contributed by atoms with E-state index < -0.39 is 0 Å². The quantitative estimate of drug-likeness (QED) is 0.177. The van der Waals surface area contributed by atoms with Gasteiger partial charge in [-0.1, -0.05) is 114 Å². The Morgan fingerprint density at radius 1 is 0.679 bits per heavy atom. The van der Waals surface area contributed by atoms with E-state index in [0.29, 0.717) is 13.0 Å². The largest absolute Gasteiger partial charge is 0.466 e. The van der Waals surface area contributed by atoms with Gasteiger partial charge in [-0.3, -0.25) is 4.79 Å². The number of esters is 1. The van der Waals surface area contributed by atoms with Gasteiger partial charge in [0.2, 0.25) is 0 Å². The molecule has 0 fully saturated rings. The number of hydrogen-bond donors (Lipinski definition) is 0. The molecule has 1 rings (SSSR count). The molecule has 1 aromatic rings. The standard InChI is InChI=1S/C26H44O2/c1-2-3-4-5-6-7-8-9-10-11-12-13-19-24-28-26(27)23-18-17-22-25-20-15-14-16-21-25/h14-16,20-21H,2-13,17-19,22-24H2,1H3. The molecule has 0 unspecified atom stereocenters. The molecule has 28 heavy (non-hydrogen) atoms. The maximum atomic E-state index is 11.8. The first-order valence-electron chi connectivity index (χ1n) is 12.0. The summed E-state index contributed by atoms with van der Waals surface area (Å²) >= 11 is 0. The molecule has 0 aromatic heterocycles. The minimum absolute atomic E-state index is 0.0213. The van der Waals surface area contributed by atoms with Crippen LogP contribution in [0.5, 0.6) is 0 Å². The fourth-order valence-corrected chi connectivity index (χ4v) is 3.62. The molecule has 0 amide bonds. The summed E-state index contributed by atoms with van der Waals surface area (Å²) in [6.45, 7) is 2.88. The predicted octanol–water partition coefficient (Wildman–Crippen LogP) is 8.03. The van der Waals surface area contributed by atoms with Gasteiger partial charge >= 0.3 is 5.97 Å². The summed E-state index contributed by atoms with van der Waals surface area (Å²) in [6.07, 6.45) is 21.0. The second kappa shape index (κ2) is 19.0. The second-order valence-corrected chi connectivity index (χ2v) is 8.16. The molecule has 0 bridgehead atoms. The molecule has 0 aliphatic rings. The molecular formula is C26H44O2. The van der Waals surface area contributed by atoms with Gasteiger partial charge in [-0.15, -0.1) is 0 Å². The van der Waals surface area contributed by atoms with Crippen molar-refractivity contribution in [1.29, 1.82) is 0 Å². The van der Waals surface area contributed by atoms with Crippen molar-refractivity contribution in [2.45, 2.75) is 116 Å². The van der Waals surface area contributed by atoms with Gasteiger partial charge in [0.05, 0.1) is 6.61 Å². The summed E-state index contributed by atoms with van der Waals surface area (Å²) in [5.41, 5.74) is 1.35. The molecule has 2 nitrogen and oxygen atoms in total. The maximum Gasteiger partial charge on any atom is 0.305 e. The lowest BCUT2D eigenvalue weighted by Crippen LogP contribution is -2.05.